The molecule has 1 fully saturated rings. The van der Waals surface area contributed by atoms with E-state index in [1.807, 2.05) is 4.90 Å². The molecule has 3 heterocycles. The van der Waals surface area contributed by atoms with E-state index >= 15 is 0 Å². The molecule has 4 rings (SSSR count). The van der Waals surface area contributed by atoms with Crippen LogP contribution in [-0.2, 0) is 18.4 Å². The lowest BCUT2D eigenvalue weighted by Crippen LogP contribution is -2.25. The van der Waals surface area contributed by atoms with Gasteiger partial charge in [-0.2, -0.15) is 5.10 Å². The Kier molecular flexibility index (Phi) is 7.86. The summed E-state index contributed by atoms with van der Waals surface area (Å²) in [5.41, 5.74) is 5.73. The number of anilines is 1. The van der Waals surface area contributed by atoms with E-state index < -0.39 is 17.5 Å². The van der Waals surface area contributed by atoms with Crippen LogP contribution in [0.2, 0.25) is 0 Å². The number of aromatic nitrogens is 4. The first-order valence-corrected chi connectivity index (χ1v) is 11.0. The molecule has 3 aromatic rings. The van der Waals surface area contributed by atoms with E-state index in [0.717, 1.165) is 25.9 Å². The van der Waals surface area contributed by atoms with Crippen LogP contribution in [-0.4, -0.2) is 56.2 Å². The number of fused-ring (bicyclic) bond motifs is 1. The number of nitrogens with zero attached hydrogens (tertiary/aromatic N) is 5. The van der Waals surface area contributed by atoms with Gasteiger partial charge >= 0.3 is 0 Å². The van der Waals surface area contributed by atoms with Crippen molar-refractivity contribution in [2.75, 3.05) is 25.5 Å². The van der Waals surface area contributed by atoms with Crippen molar-refractivity contribution in [1.82, 2.24) is 24.2 Å². The Hall–Kier alpha value is -4.20. The van der Waals surface area contributed by atoms with Gasteiger partial charge in [-0.15, -0.1) is 0 Å². The molecule has 0 spiro atoms. The largest absolute Gasteiger partial charge is 0.373 e. The highest BCUT2D eigenvalue weighted by molar-refractivity contribution is 6.00. The van der Waals surface area contributed by atoms with Crippen molar-refractivity contribution in [1.29, 1.82) is 0 Å². The van der Waals surface area contributed by atoms with Gasteiger partial charge in [-0.05, 0) is 37.8 Å². The summed E-state index contributed by atoms with van der Waals surface area (Å²) in [6, 6.07) is 1.36. The average molecular weight is 484 g/mol. The Labute approximate surface area is 201 Å². The molecule has 184 valence electrons. The molecule has 1 saturated heterocycles. The highest BCUT2D eigenvalue weighted by atomic mass is 19.2. The van der Waals surface area contributed by atoms with E-state index in [9.17, 15) is 18.4 Å². The number of rotatable bonds is 4. The number of carbonyl (C=O) groups excluding carboxylic acids is 2. The van der Waals surface area contributed by atoms with Gasteiger partial charge in [-0.25, -0.2) is 13.8 Å². The maximum absolute atomic E-state index is 14.4. The normalized spacial score (nSPS) is 12.5. The summed E-state index contributed by atoms with van der Waals surface area (Å²) < 4.78 is 31.7. The molecule has 1 aromatic carbocycles. The maximum Gasteiger partial charge on any atom is 0.255 e. The lowest BCUT2D eigenvalue weighted by molar-refractivity contribution is -0.124. The number of imidazole rings is 1. The Bertz CT molecular complexity index is 1340. The van der Waals surface area contributed by atoms with Gasteiger partial charge in [0.1, 0.15) is 16.9 Å². The highest BCUT2D eigenvalue weighted by Crippen LogP contribution is 2.23. The standard InChI is InChI=1S/C17H16F2N6O.C7H11NO/c1-4-25-8-22-11-7-9(13(18)14(19)15(11)25)5-6-10-12(16(20)26)17(21-2)24(3)23-10;1-2-7(9)8-5-3-4-6-8/h7-8,21H,4H2,1-3H3,(H2,20,26);2H,1,3-6H2. The van der Waals surface area contributed by atoms with Crippen molar-refractivity contribution in [3.05, 3.63) is 53.5 Å². The van der Waals surface area contributed by atoms with Crippen LogP contribution in [0.15, 0.2) is 25.0 Å². The predicted octanol–water partition coefficient (Wildman–Crippen LogP) is 2.40. The third-order valence-corrected chi connectivity index (χ3v) is 5.56. The zero-order valence-corrected chi connectivity index (χ0v) is 19.9. The molecule has 11 heteroatoms. The molecule has 0 bridgehead atoms. The van der Waals surface area contributed by atoms with Crippen LogP contribution in [0.1, 0.15) is 41.4 Å². The summed E-state index contributed by atoms with van der Waals surface area (Å²) in [6.45, 7) is 7.52. The van der Waals surface area contributed by atoms with Gasteiger partial charge in [-0.3, -0.25) is 14.3 Å². The molecule has 9 nitrogen and oxygen atoms in total. The van der Waals surface area contributed by atoms with Crippen LogP contribution in [0.4, 0.5) is 14.6 Å². The molecule has 0 atom stereocenters. The van der Waals surface area contributed by atoms with Crippen molar-refractivity contribution in [3.63, 3.8) is 0 Å². The molecule has 1 aliphatic heterocycles. The number of hydrogen-bond donors (Lipinski definition) is 2. The molecule has 1 aliphatic rings. The van der Waals surface area contributed by atoms with Gasteiger partial charge in [-0.1, -0.05) is 12.5 Å². The number of carbonyl (C=O) groups is 2. The number of benzene rings is 1. The molecule has 2 amide bonds. The monoisotopic (exact) mass is 483 g/mol. The molecule has 3 N–H and O–H groups in total. The van der Waals surface area contributed by atoms with Gasteiger partial charge in [0.05, 0.1) is 17.4 Å². The molecule has 2 aromatic heterocycles. The third kappa shape index (κ3) is 5.16. The quantitative estimate of drug-likeness (QED) is 0.437. The van der Waals surface area contributed by atoms with Crippen molar-refractivity contribution < 1.29 is 18.4 Å². The maximum atomic E-state index is 14.4. The number of nitrogens with two attached hydrogens (primary N) is 1. The number of likely N-dealkylation sites (tertiary alicyclic amines) is 1. The van der Waals surface area contributed by atoms with E-state index in [-0.39, 0.29) is 28.2 Å². The molecular weight excluding hydrogens is 456 g/mol. The van der Waals surface area contributed by atoms with Gasteiger partial charge in [0.2, 0.25) is 5.91 Å². The minimum atomic E-state index is -1.08. The van der Waals surface area contributed by atoms with Crippen LogP contribution < -0.4 is 11.1 Å². The summed E-state index contributed by atoms with van der Waals surface area (Å²) in [4.78, 5) is 28.4. The fourth-order valence-electron chi connectivity index (χ4n) is 3.82. The van der Waals surface area contributed by atoms with Crippen molar-refractivity contribution in [2.24, 2.45) is 12.8 Å². The zero-order valence-electron chi connectivity index (χ0n) is 19.9. The van der Waals surface area contributed by atoms with E-state index in [0.29, 0.717) is 17.9 Å². The van der Waals surface area contributed by atoms with E-state index in [2.05, 4.69) is 33.8 Å². The molecule has 0 radical (unpaired) electrons. The molecule has 35 heavy (non-hydrogen) atoms. The van der Waals surface area contributed by atoms with Crippen molar-refractivity contribution >= 4 is 28.7 Å². The minimum absolute atomic E-state index is 0.0725. The number of nitrogens with one attached hydrogen (secondary N) is 1. The highest BCUT2D eigenvalue weighted by Gasteiger charge is 2.20. The van der Waals surface area contributed by atoms with Crippen LogP contribution in [0.25, 0.3) is 11.0 Å². The summed E-state index contributed by atoms with van der Waals surface area (Å²) in [5.74, 6) is 2.76. The number of halogens is 2. The first-order chi connectivity index (χ1) is 16.7. The third-order valence-electron chi connectivity index (χ3n) is 5.56. The Morgan fingerprint density at radius 3 is 2.51 bits per heavy atom. The van der Waals surface area contributed by atoms with Gasteiger partial charge in [0.15, 0.2) is 17.3 Å². The fourth-order valence-corrected chi connectivity index (χ4v) is 3.82. The lowest BCUT2D eigenvalue weighted by atomic mass is 10.1. The molecular formula is C24H27F2N7O2. The molecule has 0 aliphatic carbocycles. The summed E-state index contributed by atoms with van der Waals surface area (Å²) in [7, 11) is 3.21. The van der Waals surface area contributed by atoms with Gasteiger partial charge < -0.3 is 20.5 Å². The summed E-state index contributed by atoms with van der Waals surface area (Å²) in [6.07, 6.45) is 5.12. The Morgan fingerprint density at radius 1 is 1.26 bits per heavy atom. The molecule has 0 unspecified atom stereocenters. The van der Waals surface area contributed by atoms with E-state index in [4.69, 9.17) is 5.73 Å². The first kappa shape index (κ1) is 25.4. The second kappa shape index (κ2) is 10.8. The minimum Gasteiger partial charge on any atom is -0.373 e. The lowest BCUT2D eigenvalue weighted by Gasteiger charge is -2.10. The fraction of sp³-hybridized carbons (Fsp3) is 0.333. The van der Waals surface area contributed by atoms with Gasteiger partial charge in [0, 0.05) is 33.7 Å². The predicted molar refractivity (Wildman–Crippen MR) is 129 cm³/mol. The Morgan fingerprint density at radius 2 is 1.94 bits per heavy atom. The average Bonchev–Trinajstić information content (AvgIpc) is 3.58. The second-order valence-corrected chi connectivity index (χ2v) is 7.75. The Balaban J connectivity index is 0.000000320. The summed E-state index contributed by atoms with van der Waals surface area (Å²) in [5, 5.41) is 6.90. The van der Waals surface area contributed by atoms with Crippen molar-refractivity contribution in [2.45, 2.75) is 26.3 Å². The number of amides is 2. The van der Waals surface area contributed by atoms with E-state index in [1.165, 1.54) is 27.7 Å². The van der Waals surface area contributed by atoms with E-state index in [1.54, 1.807) is 21.0 Å². The van der Waals surface area contributed by atoms with Crippen LogP contribution in [0.5, 0.6) is 0 Å². The van der Waals surface area contributed by atoms with Crippen LogP contribution >= 0.6 is 0 Å². The topological polar surface area (TPSA) is 111 Å². The summed E-state index contributed by atoms with van der Waals surface area (Å²) >= 11 is 0. The van der Waals surface area contributed by atoms with Crippen molar-refractivity contribution in [3.8, 4) is 11.8 Å². The second-order valence-electron chi connectivity index (χ2n) is 7.75. The van der Waals surface area contributed by atoms with Crippen LogP contribution in [0.3, 0.4) is 0 Å². The number of primary amides is 1. The smallest absolute Gasteiger partial charge is 0.255 e. The molecule has 0 saturated carbocycles. The first-order valence-electron chi connectivity index (χ1n) is 11.0. The zero-order chi connectivity index (χ0) is 25.7. The van der Waals surface area contributed by atoms with Crippen LogP contribution in [0, 0.1) is 23.5 Å². The number of hydrogen-bond acceptors (Lipinski definition) is 5. The SMILES string of the molecule is C=CC(=O)N1CCCC1.CCn1cnc2cc(C#Cc3nn(C)c(NC)c3C(N)=O)c(F)c(F)c21. The van der Waals surface area contributed by atoms with Gasteiger partial charge in [0.25, 0.3) is 5.91 Å². The number of aryl methyl sites for hydroxylation is 2.